The minimum atomic E-state index is 0.845. The zero-order valence-corrected chi connectivity index (χ0v) is 10.6. The molecule has 0 amide bonds. The van der Waals surface area contributed by atoms with Crippen molar-refractivity contribution in [1.29, 1.82) is 0 Å². The van der Waals surface area contributed by atoms with Gasteiger partial charge in [0.15, 0.2) is 0 Å². The molecule has 2 aromatic rings. The van der Waals surface area contributed by atoms with Gasteiger partial charge in [0.25, 0.3) is 0 Å². The molecule has 18 heavy (non-hydrogen) atoms. The first kappa shape index (κ1) is 12.2. The third-order valence-corrected chi connectivity index (χ3v) is 2.86. The molecule has 0 aliphatic heterocycles. The van der Waals surface area contributed by atoms with Crippen LogP contribution in [0.2, 0.25) is 0 Å². The summed E-state index contributed by atoms with van der Waals surface area (Å²) in [4.78, 5) is 0. The van der Waals surface area contributed by atoms with Crippen LogP contribution in [0.3, 0.4) is 0 Å². The van der Waals surface area contributed by atoms with E-state index in [-0.39, 0.29) is 0 Å². The fourth-order valence-corrected chi connectivity index (χ4v) is 1.85. The predicted molar refractivity (Wildman–Crippen MR) is 75.1 cm³/mol. The summed E-state index contributed by atoms with van der Waals surface area (Å²) in [6.45, 7) is 3.79. The number of hydrogen-bond acceptors (Lipinski definition) is 2. The Bertz CT molecular complexity index is 542. The molecule has 0 saturated carbocycles. The van der Waals surface area contributed by atoms with Gasteiger partial charge in [-0.05, 0) is 35.4 Å². The van der Waals surface area contributed by atoms with Crippen LogP contribution in [0.1, 0.15) is 5.56 Å². The molecule has 2 nitrogen and oxygen atoms in total. The quantitative estimate of drug-likeness (QED) is 0.803. The third kappa shape index (κ3) is 2.38. The Labute approximate surface area is 107 Å². The molecule has 0 aliphatic carbocycles. The number of ether oxygens (including phenoxy) is 2. The number of rotatable bonds is 4. The highest BCUT2D eigenvalue weighted by Crippen LogP contribution is 2.32. The minimum absolute atomic E-state index is 0.845. The van der Waals surface area contributed by atoms with E-state index in [1.54, 1.807) is 14.2 Å². The van der Waals surface area contributed by atoms with E-state index in [0.29, 0.717) is 0 Å². The Morgan fingerprint density at radius 2 is 1.67 bits per heavy atom. The summed E-state index contributed by atoms with van der Waals surface area (Å²) in [5, 5.41) is 0. The van der Waals surface area contributed by atoms with E-state index in [1.165, 1.54) is 0 Å². The van der Waals surface area contributed by atoms with E-state index in [9.17, 15) is 0 Å². The van der Waals surface area contributed by atoms with Gasteiger partial charge in [0.1, 0.15) is 11.5 Å². The zero-order valence-electron chi connectivity index (χ0n) is 10.6. The van der Waals surface area contributed by atoms with Crippen LogP contribution < -0.4 is 9.47 Å². The molecule has 0 unspecified atom stereocenters. The smallest absolute Gasteiger partial charge is 0.126 e. The molecule has 0 fully saturated rings. The second kappa shape index (κ2) is 5.41. The summed E-state index contributed by atoms with van der Waals surface area (Å²) >= 11 is 0. The maximum Gasteiger partial charge on any atom is 0.126 e. The fourth-order valence-electron chi connectivity index (χ4n) is 1.85. The Morgan fingerprint density at radius 1 is 0.944 bits per heavy atom. The van der Waals surface area contributed by atoms with Crippen molar-refractivity contribution in [2.45, 2.75) is 0 Å². The van der Waals surface area contributed by atoms with Gasteiger partial charge in [0.2, 0.25) is 0 Å². The van der Waals surface area contributed by atoms with Gasteiger partial charge in [-0.25, -0.2) is 0 Å². The normalized spacial score (nSPS) is 9.89. The fraction of sp³-hybridized carbons (Fsp3) is 0.125. The van der Waals surface area contributed by atoms with Crippen LogP contribution in [0.25, 0.3) is 17.2 Å². The van der Waals surface area contributed by atoms with E-state index in [2.05, 4.69) is 12.6 Å². The van der Waals surface area contributed by atoms with E-state index < -0.39 is 0 Å². The summed E-state index contributed by atoms with van der Waals surface area (Å²) < 4.78 is 10.5. The van der Waals surface area contributed by atoms with Crippen LogP contribution in [0.5, 0.6) is 11.5 Å². The molecule has 0 radical (unpaired) electrons. The molecule has 92 valence electrons. The molecule has 0 aromatic heterocycles. The first-order chi connectivity index (χ1) is 8.78. The highest BCUT2D eigenvalue weighted by molar-refractivity contribution is 5.73. The van der Waals surface area contributed by atoms with Crippen LogP contribution >= 0.6 is 0 Å². The van der Waals surface area contributed by atoms with Gasteiger partial charge in [0.05, 0.1) is 14.2 Å². The van der Waals surface area contributed by atoms with E-state index in [0.717, 1.165) is 28.2 Å². The second-order valence-electron chi connectivity index (χ2n) is 3.89. The third-order valence-electron chi connectivity index (χ3n) is 2.86. The molecular weight excluding hydrogens is 224 g/mol. The van der Waals surface area contributed by atoms with Crippen molar-refractivity contribution in [3.05, 3.63) is 54.6 Å². The van der Waals surface area contributed by atoms with Crippen LogP contribution in [0.15, 0.2) is 49.0 Å². The Balaban J connectivity index is 2.49. The molecule has 0 atom stereocenters. The molecule has 0 heterocycles. The lowest BCUT2D eigenvalue weighted by Gasteiger charge is -2.10. The van der Waals surface area contributed by atoms with E-state index in [1.807, 2.05) is 42.5 Å². The van der Waals surface area contributed by atoms with Gasteiger partial charge in [-0.1, -0.05) is 30.9 Å². The maximum absolute atomic E-state index is 5.39. The number of hydrogen-bond donors (Lipinski definition) is 0. The topological polar surface area (TPSA) is 18.5 Å². The van der Waals surface area contributed by atoms with Gasteiger partial charge in [-0.15, -0.1) is 0 Å². The monoisotopic (exact) mass is 240 g/mol. The molecule has 2 rings (SSSR count). The van der Waals surface area contributed by atoms with Crippen molar-refractivity contribution < 1.29 is 9.47 Å². The van der Waals surface area contributed by atoms with E-state index in [4.69, 9.17) is 9.47 Å². The summed E-state index contributed by atoms with van der Waals surface area (Å²) in [7, 11) is 3.34. The Kier molecular flexibility index (Phi) is 3.68. The Morgan fingerprint density at radius 3 is 2.22 bits per heavy atom. The molecule has 0 bridgehead atoms. The number of methoxy groups -OCH3 is 2. The SMILES string of the molecule is C=Cc1ccc(OC)c(-c2ccc(OC)cc2)c1. The molecule has 2 aromatic carbocycles. The molecule has 0 saturated heterocycles. The number of benzene rings is 2. The summed E-state index contributed by atoms with van der Waals surface area (Å²) in [6, 6.07) is 13.9. The minimum Gasteiger partial charge on any atom is -0.497 e. The average molecular weight is 240 g/mol. The molecule has 2 heteroatoms. The van der Waals surface area contributed by atoms with Crippen LogP contribution in [-0.2, 0) is 0 Å². The first-order valence-corrected chi connectivity index (χ1v) is 5.73. The highest BCUT2D eigenvalue weighted by atomic mass is 16.5. The zero-order chi connectivity index (χ0) is 13.0. The van der Waals surface area contributed by atoms with Gasteiger partial charge in [-0.3, -0.25) is 0 Å². The lowest BCUT2D eigenvalue weighted by molar-refractivity contribution is 0.414. The van der Waals surface area contributed by atoms with Crippen molar-refractivity contribution in [3.63, 3.8) is 0 Å². The van der Waals surface area contributed by atoms with Crippen molar-refractivity contribution in [1.82, 2.24) is 0 Å². The van der Waals surface area contributed by atoms with Gasteiger partial charge in [0, 0.05) is 5.56 Å². The predicted octanol–water partition coefficient (Wildman–Crippen LogP) is 4.01. The first-order valence-electron chi connectivity index (χ1n) is 5.73. The van der Waals surface area contributed by atoms with Crippen molar-refractivity contribution in [2.75, 3.05) is 14.2 Å². The van der Waals surface area contributed by atoms with E-state index >= 15 is 0 Å². The van der Waals surface area contributed by atoms with Gasteiger partial charge in [-0.2, -0.15) is 0 Å². The highest BCUT2D eigenvalue weighted by Gasteiger charge is 2.06. The summed E-state index contributed by atoms with van der Waals surface area (Å²) in [5.74, 6) is 1.70. The van der Waals surface area contributed by atoms with Gasteiger partial charge >= 0.3 is 0 Å². The van der Waals surface area contributed by atoms with Crippen molar-refractivity contribution in [3.8, 4) is 22.6 Å². The lowest BCUT2D eigenvalue weighted by atomic mass is 10.0. The molecular formula is C16H16O2. The van der Waals surface area contributed by atoms with Crippen LogP contribution in [0, 0.1) is 0 Å². The maximum atomic E-state index is 5.39. The van der Waals surface area contributed by atoms with Crippen LogP contribution in [-0.4, -0.2) is 14.2 Å². The van der Waals surface area contributed by atoms with Crippen molar-refractivity contribution in [2.24, 2.45) is 0 Å². The Hall–Kier alpha value is -2.22. The molecule has 0 aliphatic rings. The lowest BCUT2D eigenvalue weighted by Crippen LogP contribution is -1.89. The second-order valence-corrected chi connectivity index (χ2v) is 3.89. The average Bonchev–Trinajstić information content (AvgIpc) is 2.46. The molecule has 0 spiro atoms. The standard InChI is InChI=1S/C16H16O2/c1-4-12-5-10-16(18-3)15(11-12)13-6-8-14(17-2)9-7-13/h4-11H,1H2,2-3H3. The van der Waals surface area contributed by atoms with Crippen molar-refractivity contribution >= 4 is 6.08 Å². The largest absolute Gasteiger partial charge is 0.497 e. The van der Waals surface area contributed by atoms with Crippen LogP contribution in [0.4, 0.5) is 0 Å². The summed E-state index contributed by atoms with van der Waals surface area (Å²) in [6.07, 6.45) is 1.83. The van der Waals surface area contributed by atoms with Gasteiger partial charge < -0.3 is 9.47 Å². The summed E-state index contributed by atoms with van der Waals surface area (Å²) in [5.41, 5.74) is 3.22. The molecule has 0 N–H and O–H groups in total.